The number of hydrogen-bond acceptors (Lipinski definition) is 4. The Kier molecular flexibility index (Phi) is 4.55. The fraction of sp³-hybridized carbons (Fsp3) is 0.273. The summed E-state index contributed by atoms with van der Waals surface area (Å²) in [4.78, 5) is 12.6. The third-order valence-electron chi connectivity index (χ3n) is 5.08. The lowest BCUT2D eigenvalue weighted by Gasteiger charge is -2.25. The minimum Gasteiger partial charge on any atom is -0.493 e. The van der Waals surface area contributed by atoms with Crippen molar-refractivity contribution >= 4 is 11.7 Å². The van der Waals surface area contributed by atoms with Crippen LogP contribution in [-0.4, -0.2) is 29.9 Å². The number of methoxy groups -OCH3 is 2. The highest BCUT2D eigenvalue weighted by Crippen LogP contribution is 2.44. The van der Waals surface area contributed by atoms with Crippen LogP contribution in [0, 0.1) is 13.8 Å². The number of carbonyl (C=O) groups excluding carboxylic acids is 1. The predicted molar refractivity (Wildman–Crippen MR) is 108 cm³/mol. The van der Waals surface area contributed by atoms with E-state index in [2.05, 4.69) is 42.5 Å². The molecule has 1 aromatic heterocycles. The number of fused-ring (bicyclic) bond motifs is 1. The van der Waals surface area contributed by atoms with Crippen molar-refractivity contribution in [1.29, 1.82) is 0 Å². The minimum atomic E-state index is -0.159. The molecule has 1 aliphatic heterocycles. The summed E-state index contributed by atoms with van der Waals surface area (Å²) in [6.45, 7) is 4.10. The van der Waals surface area contributed by atoms with E-state index in [4.69, 9.17) is 9.47 Å². The molecule has 0 fully saturated rings. The second-order valence-electron chi connectivity index (χ2n) is 7.09. The van der Waals surface area contributed by atoms with E-state index in [0.29, 0.717) is 23.7 Å². The number of nitrogens with one attached hydrogen (secondary N) is 1. The number of ether oxygens (including phenoxy) is 2. The Hall–Kier alpha value is -3.28. The number of hydrogen-bond donors (Lipinski definition) is 1. The highest BCUT2D eigenvalue weighted by Gasteiger charge is 2.32. The van der Waals surface area contributed by atoms with Crippen LogP contribution in [-0.2, 0) is 4.79 Å². The summed E-state index contributed by atoms with van der Waals surface area (Å²) in [5.74, 6) is 1.79. The highest BCUT2D eigenvalue weighted by atomic mass is 16.5. The molecular weight excluding hydrogens is 354 g/mol. The van der Waals surface area contributed by atoms with Gasteiger partial charge in [-0.05, 0) is 43.2 Å². The number of para-hydroxylation sites is 1. The van der Waals surface area contributed by atoms with Crippen molar-refractivity contribution in [2.24, 2.45) is 0 Å². The maximum Gasteiger partial charge on any atom is 0.226 e. The molecule has 6 heteroatoms. The average Bonchev–Trinajstić information content (AvgIpc) is 3.09. The maximum absolute atomic E-state index is 12.6. The number of nitrogens with zero attached hydrogens (tertiary/aromatic N) is 2. The largest absolute Gasteiger partial charge is 0.493 e. The zero-order chi connectivity index (χ0) is 19.8. The van der Waals surface area contributed by atoms with Gasteiger partial charge in [-0.1, -0.05) is 18.2 Å². The molecule has 1 amide bonds. The molecule has 1 N–H and O–H groups in total. The first kappa shape index (κ1) is 18.1. The van der Waals surface area contributed by atoms with Crippen molar-refractivity contribution in [2.75, 3.05) is 19.5 Å². The van der Waals surface area contributed by atoms with Gasteiger partial charge in [0, 0.05) is 23.5 Å². The van der Waals surface area contributed by atoms with Crippen molar-refractivity contribution in [3.63, 3.8) is 0 Å². The monoisotopic (exact) mass is 377 g/mol. The smallest absolute Gasteiger partial charge is 0.226 e. The minimum absolute atomic E-state index is 0.0477. The van der Waals surface area contributed by atoms with Crippen LogP contribution in [0.4, 0.5) is 5.82 Å². The second kappa shape index (κ2) is 7.03. The number of benzene rings is 2. The fourth-order valence-corrected chi connectivity index (χ4v) is 3.95. The summed E-state index contributed by atoms with van der Waals surface area (Å²) in [7, 11) is 3.23. The van der Waals surface area contributed by atoms with Crippen molar-refractivity contribution < 1.29 is 14.3 Å². The first-order valence-electron chi connectivity index (χ1n) is 9.19. The molecular formula is C22H23N3O3. The van der Waals surface area contributed by atoms with Crippen LogP contribution in [0.5, 0.6) is 11.5 Å². The molecule has 28 heavy (non-hydrogen) atoms. The summed E-state index contributed by atoms with van der Waals surface area (Å²) in [5, 5.41) is 7.59. The third-order valence-corrected chi connectivity index (χ3v) is 5.08. The van der Waals surface area contributed by atoms with E-state index in [1.807, 2.05) is 24.4 Å². The zero-order valence-corrected chi connectivity index (χ0v) is 16.4. The van der Waals surface area contributed by atoms with Gasteiger partial charge in [-0.3, -0.25) is 4.79 Å². The Balaban J connectivity index is 1.86. The third kappa shape index (κ3) is 3.01. The highest BCUT2D eigenvalue weighted by molar-refractivity contribution is 5.95. The van der Waals surface area contributed by atoms with Gasteiger partial charge < -0.3 is 14.8 Å². The molecule has 0 aliphatic carbocycles. The number of aryl methyl sites for hydroxylation is 2. The first-order chi connectivity index (χ1) is 13.5. The van der Waals surface area contributed by atoms with Crippen LogP contribution >= 0.6 is 0 Å². The standard InChI is InChI=1S/C22H23N3O3/c1-13-8-14(2)10-15(9-13)25-22-18(12-23-25)17(11-20(26)24-22)16-6-5-7-19(27-3)21(16)28-4/h5-10,12,17H,11H2,1-4H3,(H,24,26). The van der Waals surface area contributed by atoms with Crippen LogP contribution in [0.2, 0.25) is 0 Å². The Morgan fingerprint density at radius 3 is 2.50 bits per heavy atom. The molecule has 0 spiro atoms. The van der Waals surface area contributed by atoms with E-state index in [0.717, 1.165) is 27.9 Å². The molecule has 1 aliphatic rings. The van der Waals surface area contributed by atoms with Gasteiger partial charge in [-0.15, -0.1) is 0 Å². The predicted octanol–water partition coefficient (Wildman–Crippen LogP) is 3.98. The summed E-state index contributed by atoms with van der Waals surface area (Å²) >= 11 is 0. The van der Waals surface area contributed by atoms with Gasteiger partial charge in [0.2, 0.25) is 5.91 Å². The molecule has 0 bridgehead atoms. The maximum atomic E-state index is 12.6. The summed E-state index contributed by atoms with van der Waals surface area (Å²) in [6, 6.07) is 12.0. The van der Waals surface area contributed by atoms with Gasteiger partial charge in [0.05, 0.1) is 26.1 Å². The van der Waals surface area contributed by atoms with Crippen LogP contribution in [0.3, 0.4) is 0 Å². The number of carbonyl (C=O) groups is 1. The summed E-state index contributed by atoms with van der Waals surface area (Å²) in [5.41, 5.74) is 5.10. The first-order valence-corrected chi connectivity index (χ1v) is 9.19. The number of aromatic nitrogens is 2. The second-order valence-corrected chi connectivity index (χ2v) is 7.09. The van der Waals surface area contributed by atoms with E-state index < -0.39 is 0 Å². The zero-order valence-electron chi connectivity index (χ0n) is 16.4. The van der Waals surface area contributed by atoms with E-state index in [1.54, 1.807) is 18.9 Å². The van der Waals surface area contributed by atoms with Gasteiger partial charge in [0.25, 0.3) is 0 Å². The van der Waals surface area contributed by atoms with E-state index in [-0.39, 0.29) is 11.8 Å². The number of anilines is 1. The summed E-state index contributed by atoms with van der Waals surface area (Å²) < 4.78 is 12.8. The molecule has 0 saturated carbocycles. The van der Waals surface area contributed by atoms with Crippen LogP contribution in [0.15, 0.2) is 42.6 Å². The number of rotatable bonds is 4. The molecule has 1 unspecified atom stereocenters. The van der Waals surface area contributed by atoms with Crippen LogP contribution in [0.1, 0.15) is 34.6 Å². The van der Waals surface area contributed by atoms with E-state index in [1.165, 1.54) is 0 Å². The topological polar surface area (TPSA) is 65.4 Å². The van der Waals surface area contributed by atoms with E-state index in [9.17, 15) is 4.79 Å². The van der Waals surface area contributed by atoms with Crippen LogP contribution in [0.25, 0.3) is 5.69 Å². The molecule has 6 nitrogen and oxygen atoms in total. The molecule has 144 valence electrons. The van der Waals surface area contributed by atoms with Crippen molar-refractivity contribution in [2.45, 2.75) is 26.2 Å². The molecule has 1 atom stereocenters. The van der Waals surface area contributed by atoms with Gasteiger partial charge in [0.1, 0.15) is 5.82 Å². The Bertz CT molecular complexity index is 1030. The summed E-state index contributed by atoms with van der Waals surface area (Å²) in [6.07, 6.45) is 2.16. The average molecular weight is 377 g/mol. The lowest BCUT2D eigenvalue weighted by molar-refractivity contribution is -0.116. The Labute approximate surface area is 164 Å². The normalized spacial score (nSPS) is 15.7. The van der Waals surface area contributed by atoms with Gasteiger partial charge in [-0.25, -0.2) is 4.68 Å². The lowest BCUT2D eigenvalue weighted by Crippen LogP contribution is -2.25. The quantitative estimate of drug-likeness (QED) is 0.747. The Morgan fingerprint density at radius 1 is 1.07 bits per heavy atom. The van der Waals surface area contributed by atoms with E-state index >= 15 is 0 Å². The fourth-order valence-electron chi connectivity index (χ4n) is 3.95. The molecule has 4 rings (SSSR count). The molecule has 2 heterocycles. The molecule has 0 saturated heterocycles. The molecule has 0 radical (unpaired) electrons. The number of amides is 1. The van der Waals surface area contributed by atoms with Gasteiger partial charge in [0.15, 0.2) is 11.5 Å². The van der Waals surface area contributed by atoms with Crippen molar-refractivity contribution in [3.05, 3.63) is 64.8 Å². The SMILES string of the molecule is COc1cccc(C2CC(=O)Nc3c2cnn3-c2cc(C)cc(C)c2)c1OC. The van der Waals surface area contributed by atoms with Gasteiger partial charge in [-0.2, -0.15) is 5.10 Å². The lowest BCUT2D eigenvalue weighted by atomic mass is 9.86. The van der Waals surface area contributed by atoms with Crippen molar-refractivity contribution in [1.82, 2.24) is 9.78 Å². The molecule has 3 aromatic rings. The molecule has 2 aromatic carbocycles. The Morgan fingerprint density at radius 2 is 1.82 bits per heavy atom. The van der Waals surface area contributed by atoms with Crippen LogP contribution < -0.4 is 14.8 Å². The van der Waals surface area contributed by atoms with Crippen molar-refractivity contribution in [3.8, 4) is 17.2 Å². The van der Waals surface area contributed by atoms with Gasteiger partial charge >= 0.3 is 0 Å².